The molecule has 2 atom stereocenters. The minimum absolute atomic E-state index is 0.000765. The molecule has 3 aromatic rings. The van der Waals surface area contributed by atoms with Crippen LogP contribution < -0.4 is 5.32 Å². The van der Waals surface area contributed by atoms with Gasteiger partial charge in [-0.25, -0.2) is 4.98 Å². The summed E-state index contributed by atoms with van der Waals surface area (Å²) < 4.78 is 13.1. The van der Waals surface area contributed by atoms with Crippen molar-refractivity contribution in [1.82, 2.24) is 4.98 Å². The van der Waals surface area contributed by atoms with Gasteiger partial charge in [0, 0.05) is 23.0 Å². The van der Waals surface area contributed by atoms with Gasteiger partial charge in [-0.1, -0.05) is 24.3 Å². The van der Waals surface area contributed by atoms with Crippen LogP contribution in [0.25, 0.3) is 11.1 Å². The molecule has 1 aliphatic carbocycles. The van der Waals surface area contributed by atoms with Gasteiger partial charge in [0.05, 0.1) is 5.92 Å². The Balaban J connectivity index is 1.59. The molecule has 1 heterocycles. The highest BCUT2D eigenvalue weighted by molar-refractivity contribution is 6.07. The normalized spacial score (nSPS) is 17.3. The minimum Gasteiger partial charge on any atom is -0.481 e. The molecule has 5 nitrogen and oxygen atoms in total. The van der Waals surface area contributed by atoms with Gasteiger partial charge in [0.1, 0.15) is 0 Å². The van der Waals surface area contributed by atoms with Gasteiger partial charge in [0.25, 0.3) is 5.91 Å². The first kappa shape index (κ1) is 20.7. The predicted octanol–water partition coefficient (Wildman–Crippen LogP) is 5.25. The van der Waals surface area contributed by atoms with Crippen molar-refractivity contribution >= 4 is 17.6 Å². The molecule has 1 aromatic heterocycles. The van der Waals surface area contributed by atoms with E-state index in [1.54, 1.807) is 6.07 Å². The number of anilines is 1. The van der Waals surface area contributed by atoms with Crippen molar-refractivity contribution in [2.24, 2.45) is 5.92 Å². The summed E-state index contributed by atoms with van der Waals surface area (Å²) in [5.74, 6) is -1.87. The van der Waals surface area contributed by atoms with Crippen molar-refractivity contribution in [3.05, 3.63) is 82.4 Å². The highest BCUT2D eigenvalue weighted by atomic mass is 19.1. The lowest BCUT2D eigenvalue weighted by Gasteiger charge is -2.15. The summed E-state index contributed by atoms with van der Waals surface area (Å²) in [4.78, 5) is 28.0. The third-order valence-electron chi connectivity index (χ3n) is 5.87. The summed E-state index contributed by atoms with van der Waals surface area (Å²) in [7, 11) is 0. The summed E-state index contributed by atoms with van der Waals surface area (Å²) in [5, 5.41) is 12.2. The molecule has 2 N–H and O–H groups in total. The number of benzene rings is 2. The first-order chi connectivity index (χ1) is 14.7. The third kappa shape index (κ3) is 4.19. The lowest BCUT2D eigenvalue weighted by molar-refractivity contribution is -0.138. The van der Waals surface area contributed by atoms with E-state index in [1.807, 2.05) is 51.1 Å². The van der Waals surface area contributed by atoms with Crippen LogP contribution in [0, 0.1) is 32.6 Å². The number of carbonyl (C=O) groups is 2. The van der Waals surface area contributed by atoms with Crippen LogP contribution in [0.5, 0.6) is 0 Å². The molecule has 1 fully saturated rings. The molecule has 0 spiro atoms. The van der Waals surface area contributed by atoms with Gasteiger partial charge in [0.15, 0.2) is 0 Å². The average Bonchev–Trinajstić information content (AvgIpc) is 3.51. The van der Waals surface area contributed by atoms with Gasteiger partial charge in [0.2, 0.25) is 5.95 Å². The molecule has 2 aromatic carbocycles. The van der Waals surface area contributed by atoms with E-state index < -0.39 is 11.9 Å². The monoisotopic (exact) mass is 418 g/mol. The molecule has 0 aliphatic heterocycles. The maximum Gasteiger partial charge on any atom is 0.307 e. The minimum atomic E-state index is -0.779. The van der Waals surface area contributed by atoms with Crippen molar-refractivity contribution in [2.75, 3.05) is 5.32 Å². The fraction of sp³-hybridized carbons (Fsp3) is 0.240. The first-order valence-electron chi connectivity index (χ1n) is 10.1. The molecule has 0 radical (unpaired) electrons. The molecule has 158 valence electrons. The van der Waals surface area contributed by atoms with Gasteiger partial charge in [-0.05, 0) is 79.1 Å². The van der Waals surface area contributed by atoms with Gasteiger partial charge >= 0.3 is 5.97 Å². The van der Waals surface area contributed by atoms with Crippen LogP contribution >= 0.6 is 0 Å². The summed E-state index contributed by atoms with van der Waals surface area (Å²) in [6.07, 6.45) is 2.10. The van der Waals surface area contributed by atoms with Gasteiger partial charge in [-0.3, -0.25) is 9.59 Å². The highest BCUT2D eigenvalue weighted by Crippen LogP contribution is 2.48. The average molecular weight is 418 g/mol. The molecule has 1 saturated carbocycles. The van der Waals surface area contributed by atoms with E-state index in [0.717, 1.165) is 33.4 Å². The lowest BCUT2D eigenvalue weighted by atomic mass is 9.95. The molecule has 0 unspecified atom stereocenters. The molecular formula is C25H23FN2O3. The maximum absolute atomic E-state index is 13.1. The predicted molar refractivity (Wildman–Crippen MR) is 117 cm³/mol. The summed E-state index contributed by atoms with van der Waals surface area (Å²) in [6, 6.07) is 12.5. The number of pyridine rings is 1. The Morgan fingerprint density at radius 3 is 2.29 bits per heavy atom. The number of nitrogens with zero attached hydrogens (tertiary/aromatic N) is 1. The third-order valence-corrected chi connectivity index (χ3v) is 5.87. The quantitative estimate of drug-likeness (QED) is 0.555. The molecule has 4 rings (SSSR count). The van der Waals surface area contributed by atoms with E-state index in [0.29, 0.717) is 17.7 Å². The maximum atomic E-state index is 13.1. The van der Waals surface area contributed by atoms with Crippen molar-refractivity contribution in [1.29, 1.82) is 0 Å². The van der Waals surface area contributed by atoms with Crippen LogP contribution in [0.3, 0.4) is 0 Å². The molecule has 6 heteroatoms. The number of halogens is 1. The number of rotatable bonds is 5. The van der Waals surface area contributed by atoms with E-state index in [4.69, 9.17) is 0 Å². The second-order valence-corrected chi connectivity index (χ2v) is 8.17. The lowest BCUT2D eigenvalue weighted by Crippen LogP contribution is -2.16. The standard InChI is InChI=1S/C25H23FN2O3/c1-13-4-5-16(19-11-20(19)25(30)31)10-21(13)28-24(29)23-14(2)8-18(9-15(23)3)17-6-7-22(26)27-12-17/h4-10,12,19-20H,11H2,1-3H3,(H,28,29)(H,30,31)/t19-,20-/m1/s1. The largest absolute Gasteiger partial charge is 0.481 e. The zero-order chi connectivity index (χ0) is 22.3. The van der Waals surface area contributed by atoms with E-state index in [2.05, 4.69) is 10.3 Å². The molecule has 1 aliphatic rings. The number of aliphatic carboxylic acids is 1. The Bertz CT molecular complexity index is 1160. The molecular weight excluding hydrogens is 395 g/mol. The van der Waals surface area contributed by atoms with E-state index >= 15 is 0 Å². The number of carbonyl (C=O) groups excluding carboxylic acids is 1. The van der Waals surface area contributed by atoms with Crippen molar-refractivity contribution < 1.29 is 19.1 Å². The van der Waals surface area contributed by atoms with Crippen LogP contribution in [0.2, 0.25) is 0 Å². The van der Waals surface area contributed by atoms with Crippen molar-refractivity contribution in [3.8, 4) is 11.1 Å². The zero-order valence-corrected chi connectivity index (χ0v) is 17.6. The fourth-order valence-electron chi connectivity index (χ4n) is 4.06. The van der Waals surface area contributed by atoms with Gasteiger partial charge < -0.3 is 10.4 Å². The Morgan fingerprint density at radius 1 is 1.00 bits per heavy atom. The molecule has 1 amide bonds. The van der Waals surface area contributed by atoms with Crippen LogP contribution in [0.1, 0.15) is 45.0 Å². The summed E-state index contributed by atoms with van der Waals surface area (Å²) in [6.45, 7) is 5.64. The Hall–Kier alpha value is -3.54. The molecule has 0 saturated heterocycles. The zero-order valence-electron chi connectivity index (χ0n) is 17.6. The number of aromatic nitrogens is 1. The number of aryl methyl sites for hydroxylation is 3. The number of hydrogen-bond donors (Lipinski definition) is 2. The first-order valence-corrected chi connectivity index (χ1v) is 10.1. The number of amides is 1. The van der Waals surface area contributed by atoms with E-state index in [1.165, 1.54) is 12.3 Å². The van der Waals surface area contributed by atoms with Crippen LogP contribution in [0.4, 0.5) is 10.1 Å². The Morgan fingerprint density at radius 2 is 1.71 bits per heavy atom. The Labute approximate surface area is 180 Å². The fourth-order valence-corrected chi connectivity index (χ4v) is 4.06. The summed E-state index contributed by atoms with van der Waals surface area (Å²) >= 11 is 0. The van der Waals surface area contributed by atoms with Gasteiger partial charge in [-0.15, -0.1) is 0 Å². The number of carboxylic acids is 1. The van der Waals surface area contributed by atoms with E-state index in [9.17, 15) is 19.1 Å². The highest BCUT2D eigenvalue weighted by Gasteiger charge is 2.44. The molecule has 31 heavy (non-hydrogen) atoms. The van der Waals surface area contributed by atoms with E-state index in [-0.39, 0.29) is 17.7 Å². The van der Waals surface area contributed by atoms with Crippen LogP contribution in [-0.2, 0) is 4.79 Å². The second-order valence-electron chi connectivity index (χ2n) is 8.17. The topological polar surface area (TPSA) is 79.3 Å². The molecule has 0 bridgehead atoms. The van der Waals surface area contributed by atoms with Crippen LogP contribution in [-0.4, -0.2) is 22.0 Å². The second kappa shape index (κ2) is 7.95. The van der Waals surface area contributed by atoms with Gasteiger partial charge in [-0.2, -0.15) is 4.39 Å². The van der Waals surface area contributed by atoms with Crippen molar-refractivity contribution in [2.45, 2.75) is 33.1 Å². The summed E-state index contributed by atoms with van der Waals surface area (Å²) in [5.41, 5.74) is 6.36. The number of hydrogen-bond acceptors (Lipinski definition) is 3. The number of nitrogens with one attached hydrogen (secondary N) is 1. The Kier molecular flexibility index (Phi) is 5.31. The van der Waals surface area contributed by atoms with Crippen molar-refractivity contribution in [3.63, 3.8) is 0 Å². The SMILES string of the molecule is Cc1ccc([C@H]2C[C@H]2C(=O)O)cc1NC(=O)c1c(C)cc(-c2ccc(F)nc2)cc1C. The smallest absolute Gasteiger partial charge is 0.307 e. The van der Waals surface area contributed by atoms with Crippen LogP contribution in [0.15, 0.2) is 48.7 Å². The number of carboxylic acid groups (broad SMARTS) is 1.